The highest BCUT2D eigenvalue weighted by Crippen LogP contribution is 2.61. The molecule has 2 aliphatic heterocycles. The van der Waals surface area contributed by atoms with Gasteiger partial charge in [0, 0.05) is 23.6 Å². The minimum Gasteiger partial charge on any atom is -0.481 e. The molecule has 37 heavy (non-hydrogen) atoms. The van der Waals surface area contributed by atoms with Crippen LogP contribution in [0.4, 0.5) is 0 Å². The van der Waals surface area contributed by atoms with Gasteiger partial charge in [0.1, 0.15) is 11.5 Å². The molecule has 1 aromatic rings. The van der Waals surface area contributed by atoms with Crippen molar-refractivity contribution in [2.75, 3.05) is 13.6 Å². The van der Waals surface area contributed by atoms with E-state index < -0.39 is 53.7 Å². The van der Waals surface area contributed by atoms with Crippen LogP contribution in [0.15, 0.2) is 24.0 Å². The van der Waals surface area contributed by atoms with E-state index in [4.69, 9.17) is 14.6 Å². The number of benzene rings is 1. The molecule has 6 atom stereocenters. The molecule has 0 saturated carbocycles. The van der Waals surface area contributed by atoms with Gasteiger partial charge in [-0.25, -0.2) is 9.59 Å². The highest BCUT2D eigenvalue weighted by Gasteiger charge is 2.69. The molecule has 4 N–H and O–H groups in total. The Morgan fingerprint density at radius 2 is 2.00 bits per heavy atom. The van der Waals surface area contributed by atoms with Gasteiger partial charge in [0.05, 0.1) is 24.0 Å². The number of esters is 2. The molecule has 0 bridgehead atoms. The van der Waals surface area contributed by atoms with E-state index in [0.717, 1.165) is 18.1 Å². The van der Waals surface area contributed by atoms with E-state index in [0.29, 0.717) is 24.3 Å². The Morgan fingerprint density at radius 3 is 2.65 bits per heavy atom. The number of carbonyl (C=O) groups excluding carboxylic acids is 2. The molecule has 0 unspecified atom stereocenters. The summed E-state index contributed by atoms with van der Waals surface area (Å²) in [5.41, 5.74) is -0.110. The Bertz CT molecular complexity index is 1150. The highest BCUT2D eigenvalue weighted by molar-refractivity contribution is 5.84. The Kier molecular flexibility index (Phi) is 7.10. The van der Waals surface area contributed by atoms with Gasteiger partial charge >= 0.3 is 17.9 Å². The maximum Gasteiger partial charge on any atom is 0.344 e. The van der Waals surface area contributed by atoms with E-state index in [1.54, 1.807) is 12.1 Å². The lowest BCUT2D eigenvalue weighted by atomic mass is 9.54. The topological polar surface area (TPSA) is 163 Å². The monoisotopic (exact) mass is 519 g/mol. The summed E-state index contributed by atoms with van der Waals surface area (Å²) in [5, 5.41) is 41.3. The number of likely N-dealkylation sites (N-methyl/N-ethyl adjacent to an activating group) is 1. The number of fused-ring (bicyclic) bond motifs is 1. The minimum atomic E-state index is -1.90. The first-order valence-corrected chi connectivity index (χ1v) is 12.2. The van der Waals surface area contributed by atoms with Crippen LogP contribution < -0.4 is 4.74 Å². The fourth-order valence-electron chi connectivity index (χ4n) is 5.92. The third kappa shape index (κ3) is 4.19. The van der Waals surface area contributed by atoms with Crippen LogP contribution in [0.5, 0.6) is 5.75 Å². The first-order chi connectivity index (χ1) is 17.4. The molecule has 11 nitrogen and oxygen atoms in total. The predicted octanol–water partition coefficient (Wildman–Crippen LogP) is 0.539. The molecule has 11 heteroatoms. The predicted molar refractivity (Wildman–Crippen MR) is 127 cm³/mol. The van der Waals surface area contributed by atoms with Gasteiger partial charge in [0.25, 0.3) is 0 Å². The molecule has 0 radical (unpaired) electrons. The summed E-state index contributed by atoms with van der Waals surface area (Å²) in [7, 11) is 1.93. The molecule has 0 aromatic heterocycles. The van der Waals surface area contributed by atoms with E-state index in [2.05, 4.69) is 9.64 Å². The summed E-state index contributed by atoms with van der Waals surface area (Å²) < 4.78 is 16.6. The van der Waals surface area contributed by atoms with Crippen molar-refractivity contribution in [3.8, 4) is 5.75 Å². The second kappa shape index (κ2) is 9.71. The summed E-state index contributed by atoms with van der Waals surface area (Å²) in [5.74, 6) is -3.03. The molecular weight excluding hydrogens is 486 g/mol. The van der Waals surface area contributed by atoms with Gasteiger partial charge in [-0.05, 0) is 52.4 Å². The number of ether oxygens (including phenoxy) is 3. The molecule has 1 aromatic carbocycles. The number of aliphatic hydroxyl groups is 3. The maximum absolute atomic E-state index is 12.8. The number of carboxylic acids is 1. The van der Waals surface area contributed by atoms with Gasteiger partial charge in [0.2, 0.25) is 0 Å². The second-order valence-electron chi connectivity index (χ2n) is 10.1. The van der Waals surface area contributed by atoms with Crippen LogP contribution in [0.1, 0.15) is 49.8 Å². The number of aliphatic hydroxyl groups excluding tert-OH is 2. The molecule has 3 aliphatic rings. The number of hydrogen-bond acceptors (Lipinski definition) is 10. The molecule has 1 saturated heterocycles. The third-order valence-electron chi connectivity index (χ3n) is 8.11. The summed E-state index contributed by atoms with van der Waals surface area (Å²) in [6.45, 7) is 5.33. The average Bonchev–Trinajstić information content (AvgIpc) is 3.21. The van der Waals surface area contributed by atoms with E-state index in [1.165, 1.54) is 0 Å². The lowest BCUT2D eigenvalue weighted by molar-refractivity contribution is -0.170. The summed E-state index contributed by atoms with van der Waals surface area (Å²) in [6, 6.07) is 3.34. The number of carboxylic acid groups (broad SMARTS) is 1. The average molecular weight is 520 g/mol. The second-order valence-corrected chi connectivity index (χ2v) is 10.1. The van der Waals surface area contributed by atoms with Gasteiger partial charge in [-0.3, -0.25) is 4.79 Å². The summed E-state index contributed by atoms with van der Waals surface area (Å²) in [4.78, 5) is 37.7. The van der Waals surface area contributed by atoms with Gasteiger partial charge in [-0.15, -0.1) is 0 Å². The van der Waals surface area contributed by atoms with Gasteiger partial charge in [-0.2, -0.15) is 0 Å². The Balaban J connectivity index is 1.66. The van der Waals surface area contributed by atoms with E-state index in [9.17, 15) is 29.7 Å². The summed E-state index contributed by atoms with van der Waals surface area (Å²) in [6.07, 6.45) is -2.87. The number of aliphatic carboxylic acids is 1. The zero-order valence-corrected chi connectivity index (χ0v) is 21.3. The van der Waals surface area contributed by atoms with E-state index in [1.807, 2.05) is 27.0 Å². The Hall–Kier alpha value is -2.99. The van der Waals surface area contributed by atoms with Crippen molar-refractivity contribution in [3.63, 3.8) is 0 Å². The lowest BCUT2D eigenvalue weighted by Crippen LogP contribution is -2.71. The molecule has 1 spiro atoms. The van der Waals surface area contributed by atoms with Crippen LogP contribution in [0, 0.1) is 6.92 Å². The smallest absolute Gasteiger partial charge is 0.344 e. The van der Waals surface area contributed by atoms with Crippen molar-refractivity contribution >= 4 is 17.9 Å². The molecule has 4 rings (SSSR count). The number of nitrogens with zero attached hydrogens (tertiary/aromatic N) is 1. The first kappa shape index (κ1) is 27.1. The zero-order valence-electron chi connectivity index (χ0n) is 21.3. The minimum absolute atomic E-state index is 0.0947. The molecular formula is C26H33NO10. The quantitative estimate of drug-likeness (QED) is 0.372. The van der Waals surface area contributed by atoms with Crippen LogP contribution in [0.2, 0.25) is 0 Å². The number of piperidine rings is 1. The van der Waals surface area contributed by atoms with Gasteiger partial charge < -0.3 is 39.5 Å². The number of hydrogen-bond donors (Lipinski definition) is 4. The van der Waals surface area contributed by atoms with Crippen molar-refractivity contribution in [1.29, 1.82) is 0 Å². The zero-order chi connectivity index (χ0) is 27.3. The number of aryl methyl sites for hydroxylation is 1. The normalized spacial score (nSPS) is 30.1. The first-order valence-electron chi connectivity index (χ1n) is 12.2. The van der Waals surface area contributed by atoms with Crippen LogP contribution in [-0.4, -0.2) is 86.8 Å². The molecule has 2 heterocycles. The van der Waals surface area contributed by atoms with E-state index in [-0.39, 0.29) is 24.8 Å². The van der Waals surface area contributed by atoms with Crippen LogP contribution in [0.3, 0.4) is 0 Å². The Labute approximate surface area is 214 Å². The van der Waals surface area contributed by atoms with Crippen LogP contribution >= 0.6 is 0 Å². The van der Waals surface area contributed by atoms with Crippen molar-refractivity contribution in [2.45, 2.75) is 82.0 Å². The SMILES string of the molecule is Cc1ccc(CO)c2c1[C@]13CCN(C)[C@H](C)[C@]1(O)CC=C(OC(=O)[C@@H](O)CC(=O)O[C@@H](C)C(=O)O)[C@@H]3O2. The standard InChI is InChI=1S/C26H33NO10/c1-13-5-6-16(12-28)21-20(13)25-9-10-27(4)15(3)26(25,34)8-7-18(22(25)37-21)36-24(33)17(29)11-19(30)35-14(2)23(31)32/h5-7,14-15,17,22,28-29,34H,8-12H2,1-4H3,(H,31,32)/t14-,15+,17-,22-,25-,26+/m0/s1. The number of likely N-dealkylation sites (tertiary alicyclic amines) is 1. The molecule has 1 aliphatic carbocycles. The maximum atomic E-state index is 12.8. The van der Waals surface area contributed by atoms with Crippen molar-refractivity contribution in [1.82, 2.24) is 4.90 Å². The number of rotatable bonds is 7. The van der Waals surface area contributed by atoms with Crippen LogP contribution in [0.25, 0.3) is 0 Å². The third-order valence-corrected chi connectivity index (χ3v) is 8.11. The van der Waals surface area contributed by atoms with Crippen molar-refractivity contribution in [3.05, 3.63) is 40.7 Å². The Morgan fingerprint density at radius 1 is 1.30 bits per heavy atom. The van der Waals surface area contributed by atoms with E-state index >= 15 is 0 Å². The van der Waals surface area contributed by atoms with Crippen molar-refractivity contribution < 1.29 is 49.0 Å². The largest absolute Gasteiger partial charge is 0.481 e. The molecule has 0 amide bonds. The fourth-order valence-corrected chi connectivity index (χ4v) is 5.92. The van der Waals surface area contributed by atoms with Crippen LogP contribution in [-0.2, 0) is 35.9 Å². The fraction of sp³-hybridized carbons (Fsp3) is 0.577. The van der Waals surface area contributed by atoms with Crippen molar-refractivity contribution in [2.24, 2.45) is 0 Å². The van der Waals surface area contributed by atoms with Gasteiger partial charge in [-0.1, -0.05) is 12.1 Å². The van der Waals surface area contributed by atoms with Gasteiger partial charge in [0.15, 0.2) is 18.3 Å². The number of carbonyl (C=O) groups is 3. The molecule has 202 valence electrons. The molecule has 1 fully saturated rings. The lowest BCUT2D eigenvalue weighted by Gasteiger charge is -2.58. The highest BCUT2D eigenvalue weighted by atomic mass is 16.6. The summed E-state index contributed by atoms with van der Waals surface area (Å²) >= 11 is 0.